The summed E-state index contributed by atoms with van der Waals surface area (Å²) in [6.07, 6.45) is 6.27. The molecular weight excluding hydrogens is 400 g/mol. The molecule has 0 fully saturated rings. The topological polar surface area (TPSA) is 12.9 Å². The van der Waals surface area contributed by atoms with Crippen LogP contribution in [0.25, 0.3) is 6.08 Å². The molecule has 0 radical (unpaired) electrons. The van der Waals surface area contributed by atoms with Crippen molar-refractivity contribution in [2.75, 3.05) is 0 Å². The average Bonchev–Trinajstić information content (AvgIpc) is 2.29. The average molecular weight is 415 g/mol. The molecule has 0 saturated carbocycles. The molecule has 3 heteroatoms. The van der Waals surface area contributed by atoms with E-state index in [0.29, 0.717) is 0 Å². The summed E-state index contributed by atoms with van der Waals surface area (Å²) in [5.41, 5.74) is 2.23. The number of hydrogen-bond donors (Lipinski definition) is 0. The Morgan fingerprint density at radius 3 is 2.57 bits per heavy atom. The molecule has 0 saturated heterocycles. The first-order valence-electron chi connectivity index (χ1n) is 4.63. The predicted molar refractivity (Wildman–Crippen MR) is 81.0 cm³/mol. The van der Waals surface area contributed by atoms with Gasteiger partial charge in [-0.3, -0.25) is 4.98 Å². The number of aryl methyl sites for hydroxylation is 1. The Balaban J connectivity index is 0.000000791. The maximum Gasteiger partial charge on any atom is 0.0629 e. The number of hydrogen-bond acceptors (Lipinski definition) is 1. The van der Waals surface area contributed by atoms with Crippen molar-refractivity contribution in [3.63, 3.8) is 0 Å². The van der Waals surface area contributed by atoms with Gasteiger partial charge in [0, 0.05) is 42.9 Å². The van der Waals surface area contributed by atoms with Crippen LogP contribution in [0, 0.1) is 0 Å². The summed E-state index contributed by atoms with van der Waals surface area (Å²) >= 11 is 4.24. The van der Waals surface area contributed by atoms with Gasteiger partial charge < -0.3 is 0 Å². The maximum absolute atomic E-state index is 4.44. The van der Waals surface area contributed by atoms with Crippen molar-refractivity contribution < 1.29 is 0 Å². The van der Waals surface area contributed by atoms with Gasteiger partial charge in [0.1, 0.15) is 0 Å². The Kier molecular flexibility index (Phi) is 10.1. The summed E-state index contributed by atoms with van der Waals surface area (Å²) in [4.78, 5) is 4.44. The number of aromatic nitrogens is 1. The van der Waals surface area contributed by atoms with Crippen LogP contribution in [0.4, 0.5) is 0 Å². The molecular formula is C11H15I2N. The van der Waals surface area contributed by atoms with Crippen molar-refractivity contribution in [3.8, 4) is 0 Å². The van der Waals surface area contributed by atoms with Gasteiger partial charge in [0.25, 0.3) is 0 Å². The molecule has 1 nitrogen and oxygen atoms in total. The highest BCUT2D eigenvalue weighted by Crippen LogP contribution is 2.02. The molecule has 0 bridgehead atoms. The molecule has 0 aliphatic heterocycles. The molecule has 1 heterocycles. The van der Waals surface area contributed by atoms with E-state index in [-0.39, 0.29) is 0 Å². The second-order valence-corrected chi connectivity index (χ2v) is 2.72. The van der Waals surface area contributed by atoms with Crippen LogP contribution in [-0.4, -0.2) is 4.98 Å². The Morgan fingerprint density at radius 1 is 1.29 bits per heavy atom. The minimum atomic E-state index is 1.01. The monoisotopic (exact) mass is 415 g/mol. The number of nitrogens with zero attached hydrogens (tertiary/aromatic N) is 1. The number of pyridine rings is 1. The fourth-order valence-electron chi connectivity index (χ4n) is 1.03. The highest BCUT2D eigenvalue weighted by Gasteiger charge is 1.90. The maximum atomic E-state index is 4.44. The molecule has 0 unspecified atom stereocenters. The number of allylic oxidation sites excluding steroid dienone is 1. The number of rotatable bonds is 3. The zero-order chi connectivity index (χ0) is 10.8. The zero-order valence-corrected chi connectivity index (χ0v) is 12.8. The molecule has 0 aromatic carbocycles. The third-order valence-corrected chi connectivity index (χ3v) is 1.71. The largest absolute Gasteiger partial charge is 0.254 e. The summed E-state index contributed by atoms with van der Waals surface area (Å²) in [5.74, 6) is 0. The lowest BCUT2D eigenvalue weighted by Gasteiger charge is -1.96. The van der Waals surface area contributed by atoms with Crippen LogP contribution in [0.5, 0.6) is 0 Å². The Morgan fingerprint density at radius 2 is 2.00 bits per heavy atom. The molecule has 1 aromatic heterocycles. The second kappa shape index (κ2) is 9.89. The highest BCUT2D eigenvalue weighted by atomic mass is 128. The van der Waals surface area contributed by atoms with Crippen LogP contribution in [0.1, 0.15) is 31.7 Å². The van der Waals surface area contributed by atoms with Crippen LogP contribution in [-0.2, 0) is 6.42 Å². The lowest BCUT2D eigenvalue weighted by Crippen LogP contribution is -1.87. The van der Waals surface area contributed by atoms with Gasteiger partial charge in [-0.05, 0) is 31.1 Å². The van der Waals surface area contributed by atoms with Gasteiger partial charge in [0.15, 0.2) is 0 Å². The molecule has 14 heavy (non-hydrogen) atoms. The second-order valence-electron chi connectivity index (χ2n) is 2.72. The molecule has 0 spiro atoms. The van der Waals surface area contributed by atoms with E-state index in [1.807, 2.05) is 6.07 Å². The normalized spacial score (nSPS) is 9.71. The molecule has 0 N–H and O–H groups in total. The van der Waals surface area contributed by atoms with E-state index in [1.54, 1.807) is 0 Å². The van der Waals surface area contributed by atoms with E-state index in [2.05, 4.69) is 80.3 Å². The first kappa shape index (κ1) is 14.3. The van der Waals surface area contributed by atoms with Crippen molar-refractivity contribution in [2.24, 2.45) is 0 Å². The number of halogens is 2. The van der Waals surface area contributed by atoms with E-state index in [0.717, 1.165) is 24.2 Å². The van der Waals surface area contributed by atoms with Crippen molar-refractivity contribution in [3.05, 3.63) is 35.7 Å². The van der Waals surface area contributed by atoms with Gasteiger partial charge in [-0.2, -0.15) is 0 Å². The summed E-state index contributed by atoms with van der Waals surface area (Å²) in [7, 11) is 0. The van der Waals surface area contributed by atoms with Crippen LogP contribution >= 0.6 is 37.2 Å². The summed E-state index contributed by atoms with van der Waals surface area (Å²) in [6.45, 7) is 4.25. The van der Waals surface area contributed by atoms with Crippen molar-refractivity contribution >= 4 is 43.3 Å². The Labute approximate surface area is 110 Å². The van der Waals surface area contributed by atoms with E-state index in [1.165, 1.54) is 0 Å². The van der Waals surface area contributed by atoms with Gasteiger partial charge in [-0.15, -0.1) is 0 Å². The third kappa shape index (κ3) is 5.95. The fourth-order valence-corrected chi connectivity index (χ4v) is 1.03. The van der Waals surface area contributed by atoms with E-state index < -0.39 is 0 Å². The molecule has 0 aliphatic carbocycles. The van der Waals surface area contributed by atoms with E-state index in [9.17, 15) is 0 Å². The van der Waals surface area contributed by atoms with Gasteiger partial charge in [0.05, 0.1) is 5.69 Å². The quantitative estimate of drug-likeness (QED) is 0.645. The van der Waals surface area contributed by atoms with Crippen molar-refractivity contribution in [2.45, 2.75) is 26.7 Å². The van der Waals surface area contributed by atoms with Crippen molar-refractivity contribution in [1.82, 2.24) is 4.98 Å². The van der Waals surface area contributed by atoms with Crippen molar-refractivity contribution in [1.29, 1.82) is 0 Å². The van der Waals surface area contributed by atoms with Crippen LogP contribution in [0.2, 0.25) is 0 Å². The smallest absolute Gasteiger partial charge is 0.0629 e. The highest BCUT2D eigenvalue weighted by molar-refractivity contribution is 15.0. The van der Waals surface area contributed by atoms with Gasteiger partial charge in [-0.25, -0.2) is 0 Å². The lowest BCUT2D eigenvalue weighted by molar-refractivity contribution is 1.03. The predicted octanol–water partition coefficient (Wildman–Crippen LogP) is 4.84. The molecule has 78 valence electrons. The SMILES string of the molecule is CC/C=C/c1cccc(CC)n1.II. The van der Waals surface area contributed by atoms with Gasteiger partial charge in [-0.1, -0.05) is 26.0 Å². The first-order chi connectivity index (χ1) is 6.86. The summed E-state index contributed by atoms with van der Waals surface area (Å²) < 4.78 is 0. The third-order valence-electron chi connectivity index (χ3n) is 1.71. The zero-order valence-electron chi connectivity index (χ0n) is 8.50. The van der Waals surface area contributed by atoms with Crippen LogP contribution in [0.3, 0.4) is 0 Å². The summed E-state index contributed by atoms with van der Waals surface area (Å²) in [5, 5.41) is 0. The molecule has 1 rings (SSSR count). The van der Waals surface area contributed by atoms with Gasteiger partial charge >= 0.3 is 0 Å². The van der Waals surface area contributed by atoms with E-state index >= 15 is 0 Å². The van der Waals surface area contributed by atoms with Gasteiger partial charge in [0.2, 0.25) is 0 Å². The fraction of sp³-hybridized carbons (Fsp3) is 0.364. The van der Waals surface area contributed by atoms with Crippen LogP contribution < -0.4 is 0 Å². The minimum absolute atomic E-state index is 1.01. The van der Waals surface area contributed by atoms with E-state index in [4.69, 9.17) is 0 Å². The summed E-state index contributed by atoms with van der Waals surface area (Å²) in [6, 6.07) is 6.15. The standard InChI is InChI=1S/C11H15N.I2/c1-3-5-7-11-9-6-8-10(4-2)12-11;1-2/h5-9H,3-4H2,1-2H3;/b7-5+;. The molecule has 0 atom stereocenters. The minimum Gasteiger partial charge on any atom is -0.254 e. The lowest BCUT2D eigenvalue weighted by atomic mass is 10.2. The molecule has 0 aliphatic rings. The van der Waals surface area contributed by atoms with Crippen LogP contribution in [0.15, 0.2) is 24.3 Å². The molecule has 0 amide bonds. The Hall–Kier alpha value is 0.350. The molecule has 1 aromatic rings. The first-order valence-corrected chi connectivity index (χ1v) is 10.9. The Bertz CT molecular complexity index is 272.